The van der Waals surface area contributed by atoms with E-state index in [0.717, 1.165) is 20.2 Å². The number of aryl methyl sites for hydroxylation is 1. The molecule has 6 heteroatoms. The molecule has 0 radical (unpaired) electrons. The molecule has 0 amide bonds. The van der Waals surface area contributed by atoms with Crippen molar-refractivity contribution in [2.45, 2.75) is 6.92 Å². The Morgan fingerprint density at radius 1 is 1.28 bits per heavy atom. The number of benzene rings is 1. The highest BCUT2D eigenvalue weighted by atomic mass is 79.9. The third-order valence-corrected chi connectivity index (χ3v) is 3.39. The first-order valence-corrected chi connectivity index (χ1v) is 6.78. The first-order chi connectivity index (χ1) is 8.60. The van der Waals surface area contributed by atoms with Crippen molar-refractivity contribution in [1.29, 1.82) is 0 Å². The Labute approximate surface area is 122 Å². The van der Waals surface area contributed by atoms with Crippen LogP contribution in [0, 0.1) is 6.92 Å². The fourth-order valence-electron chi connectivity index (χ4n) is 1.40. The molecule has 1 aromatic carbocycles. The van der Waals surface area contributed by atoms with E-state index in [2.05, 4.69) is 47.1 Å². The van der Waals surface area contributed by atoms with Crippen molar-refractivity contribution in [2.75, 3.05) is 12.4 Å². The van der Waals surface area contributed by atoms with Crippen LogP contribution in [0.3, 0.4) is 0 Å². The summed E-state index contributed by atoms with van der Waals surface area (Å²) in [5.74, 6) is 0.997. The molecule has 0 aliphatic rings. The molecule has 1 heterocycles. The molecule has 4 nitrogen and oxygen atoms in total. The molecule has 0 aliphatic heterocycles. The number of methoxy groups -OCH3 is 1. The van der Waals surface area contributed by atoms with E-state index in [1.54, 1.807) is 13.3 Å². The van der Waals surface area contributed by atoms with E-state index in [4.69, 9.17) is 4.74 Å². The number of nitrogens with zero attached hydrogens (tertiary/aromatic N) is 2. The van der Waals surface area contributed by atoms with E-state index in [-0.39, 0.29) is 0 Å². The molecule has 0 aliphatic carbocycles. The molecule has 0 saturated heterocycles. The van der Waals surface area contributed by atoms with E-state index < -0.39 is 0 Å². The van der Waals surface area contributed by atoms with Gasteiger partial charge in [-0.2, -0.15) is 4.98 Å². The summed E-state index contributed by atoms with van der Waals surface area (Å²) in [5.41, 5.74) is 2.07. The fraction of sp³-hybridized carbons (Fsp3) is 0.167. The maximum absolute atomic E-state index is 5.13. The molecule has 0 saturated carbocycles. The van der Waals surface area contributed by atoms with E-state index in [1.807, 2.05) is 25.1 Å². The monoisotopic (exact) mass is 371 g/mol. The van der Waals surface area contributed by atoms with Gasteiger partial charge in [-0.3, -0.25) is 0 Å². The molecule has 1 N–H and O–H groups in total. The molecule has 2 rings (SSSR count). The quantitative estimate of drug-likeness (QED) is 0.882. The lowest BCUT2D eigenvalue weighted by Gasteiger charge is -2.09. The third kappa shape index (κ3) is 3.00. The normalized spacial score (nSPS) is 10.2. The van der Waals surface area contributed by atoms with Crippen LogP contribution in [0.4, 0.5) is 11.6 Å². The Bertz CT molecular complexity index is 575. The Morgan fingerprint density at radius 3 is 2.78 bits per heavy atom. The maximum atomic E-state index is 5.13. The average Bonchev–Trinajstić information content (AvgIpc) is 2.36. The summed E-state index contributed by atoms with van der Waals surface area (Å²) in [6.45, 7) is 2.02. The number of anilines is 2. The third-order valence-electron chi connectivity index (χ3n) is 2.35. The van der Waals surface area contributed by atoms with E-state index >= 15 is 0 Å². The van der Waals surface area contributed by atoms with Crippen LogP contribution in [0.1, 0.15) is 5.56 Å². The molecule has 0 bridgehead atoms. The lowest BCUT2D eigenvalue weighted by Crippen LogP contribution is -2.00. The Kier molecular flexibility index (Phi) is 4.19. The van der Waals surface area contributed by atoms with E-state index in [9.17, 15) is 0 Å². The van der Waals surface area contributed by atoms with Gasteiger partial charge in [0.15, 0.2) is 0 Å². The fourth-order valence-corrected chi connectivity index (χ4v) is 2.12. The van der Waals surface area contributed by atoms with Gasteiger partial charge < -0.3 is 10.1 Å². The molecule has 2 aromatic rings. The zero-order valence-electron chi connectivity index (χ0n) is 9.87. The van der Waals surface area contributed by atoms with Crippen molar-refractivity contribution >= 4 is 43.5 Å². The second kappa shape index (κ2) is 5.67. The van der Waals surface area contributed by atoms with Gasteiger partial charge in [-0.05, 0) is 40.5 Å². The molecular formula is C12H11Br2N3O. The summed E-state index contributed by atoms with van der Waals surface area (Å²) < 4.78 is 6.85. The first-order valence-electron chi connectivity index (χ1n) is 5.20. The number of aromatic nitrogens is 2. The smallest absolute Gasteiger partial charge is 0.232 e. The lowest BCUT2D eigenvalue weighted by atomic mass is 10.2. The van der Waals surface area contributed by atoms with Gasteiger partial charge in [0.05, 0.1) is 17.8 Å². The second-order valence-corrected chi connectivity index (χ2v) is 5.41. The van der Waals surface area contributed by atoms with Crippen molar-refractivity contribution in [3.8, 4) is 5.88 Å². The molecule has 0 unspecified atom stereocenters. The van der Waals surface area contributed by atoms with E-state index in [0.29, 0.717) is 11.8 Å². The highest BCUT2D eigenvalue weighted by Crippen LogP contribution is 2.26. The van der Waals surface area contributed by atoms with Crippen LogP contribution in [0.2, 0.25) is 0 Å². The molecule has 0 spiro atoms. The molecular weight excluding hydrogens is 362 g/mol. The summed E-state index contributed by atoms with van der Waals surface area (Å²) in [6.07, 6.45) is 1.65. The summed E-state index contributed by atoms with van der Waals surface area (Å²) in [5, 5.41) is 3.16. The minimum absolute atomic E-state index is 0.497. The van der Waals surface area contributed by atoms with Gasteiger partial charge in [0, 0.05) is 10.2 Å². The minimum atomic E-state index is 0.497. The van der Waals surface area contributed by atoms with Crippen molar-refractivity contribution in [3.05, 3.63) is 38.9 Å². The largest absolute Gasteiger partial charge is 0.480 e. The standard InChI is InChI=1S/C12H11Br2N3O/c1-7-3-4-8(13)5-10(7)16-12-15-6-9(14)11(17-12)18-2/h3-6H,1-2H3,(H,15,16,17). The number of rotatable bonds is 3. The van der Waals surface area contributed by atoms with Crippen LogP contribution in [-0.4, -0.2) is 17.1 Å². The second-order valence-electron chi connectivity index (χ2n) is 3.64. The molecule has 94 valence electrons. The zero-order chi connectivity index (χ0) is 13.1. The van der Waals surface area contributed by atoms with Crippen LogP contribution >= 0.6 is 31.9 Å². The van der Waals surface area contributed by atoms with Crippen molar-refractivity contribution in [3.63, 3.8) is 0 Å². The minimum Gasteiger partial charge on any atom is -0.480 e. The summed E-state index contributed by atoms with van der Waals surface area (Å²) in [6, 6.07) is 5.99. The Balaban J connectivity index is 2.31. The predicted octanol–water partition coefficient (Wildman–Crippen LogP) is 4.06. The number of ether oxygens (including phenoxy) is 1. The van der Waals surface area contributed by atoms with Crippen LogP contribution in [0.5, 0.6) is 5.88 Å². The van der Waals surface area contributed by atoms with Crippen LogP contribution in [-0.2, 0) is 0 Å². The van der Waals surface area contributed by atoms with Gasteiger partial charge in [-0.25, -0.2) is 4.98 Å². The summed E-state index contributed by atoms with van der Waals surface area (Å²) in [7, 11) is 1.57. The Morgan fingerprint density at radius 2 is 2.06 bits per heavy atom. The van der Waals surface area contributed by atoms with Crippen LogP contribution in [0.15, 0.2) is 33.3 Å². The molecule has 1 aromatic heterocycles. The lowest BCUT2D eigenvalue weighted by molar-refractivity contribution is 0.394. The molecule has 0 fully saturated rings. The average molecular weight is 373 g/mol. The van der Waals surface area contributed by atoms with Gasteiger partial charge in [0.1, 0.15) is 0 Å². The van der Waals surface area contributed by atoms with Gasteiger partial charge in [-0.1, -0.05) is 22.0 Å². The van der Waals surface area contributed by atoms with Gasteiger partial charge in [0.2, 0.25) is 11.8 Å². The topological polar surface area (TPSA) is 47.0 Å². The first kappa shape index (κ1) is 13.3. The van der Waals surface area contributed by atoms with Gasteiger partial charge in [-0.15, -0.1) is 0 Å². The van der Waals surface area contributed by atoms with Gasteiger partial charge in [0.25, 0.3) is 0 Å². The van der Waals surface area contributed by atoms with Gasteiger partial charge >= 0.3 is 0 Å². The highest BCUT2D eigenvalue weighted by Gasteiger charge is 2.06. The summed E-state index contributed by atoms with van der Waals surface area (Å²) >= 11 is 6.75. The van der Waals surface area contributed by atoms with Crippen molar-refractivity contribution in [1.82, 2.24) is 9.97 Å². The van der Waals surface area contributed by atoms with Crippen molar-refractivity contribution < 1.29 is 4.74 Å². The highest BCUT2D eigenvalue weighted by molar-refractivity contribution is 9.10. The van der Waals surface area contributed by atoms with Crippen molar-refractivity contribution in [2.24, 2.45) is 0 Å². The van der Waals surface area contributed by atoms with Crippen LogP contribution in [0.25, 0.3) is 0 Å². The molecule has 18 heavy (non-hydrogen) atoms. The summed E-state index contributed by atoms with van der Waals surface area (Å²) in [4.78, 5) is 8.44. The maximum Gasteiger partial charge on any atom is 0.232 e. The SMILES string of the molecule is COc1nc(Nc2cc(Br)ccc2C)ncc1Br. The number of nitrogens with one attached hydrogen (secondary N) is 1. The predicted molar refractivity (Wildman–Crippen MR) is 78.4 cm³/mol. The number of halogens is 2. The number of hydrogen-bond acceptors (Lipinski definition) is 4. The van der Waals surface area contributed by atoms with E-state index in [1.165, 1.54) is 0 Å². The zero-order valence-corrected chi connectivity index (χ0v) is 13.0. The van der Waals surface area contributed by atoms with Crippen LogP contribution < -0.4 is 10.1 Å². The number of hydrogen-bond donors (Lipinski definition) is 1. The molecule has 0 atom stereocenters. The Hall–Kier alpha value is -1.14.